The molecule has 2 heterocycles. The molecule has 5 nitrogen and oxygen atoms in total. The van der Waals surface area contributed by atoms with Gasteiger partial charge >= 0.3 is 0 Å². The number of hydrogen-bond acceptors (Lipinski definition) is 3. The molecule has 0 aliphatic rings. The predicted molar refractivity (Wildman–Crippen MR) is 111 cm³/mol. The average Bonchev–Trinajstić information content (AvgIpc) is 3.25. The Bertz CT molecular complexity index is 1090. The zero-order valence-corrected chi connectivity index (χ0v) is 15.5. The third kappa shape index (κ3) is 3.69. The van der Waals surface area contributed by atoms with E-state index >= 15 is 0 Å². The van der Waals surface area contributed by atoms with Crippen LogP contribution in [0.1, 0.15) is 22.8 Å². The second-order valence-corrected chi connectivity index (χ2v) is 6.45. The highest BCUT2D eigenvalue weighted by atomic mass is 16.1. The van der Waals surface area contributed by atoms with Crippen molar-refractivity contribution in [2.75, 3.05) is 5.32 Å². The number of hydrogen-bond donors (Lipinski definition) is 2. The van der Waals surface area contributed by atoms with Gasteiger partial charge in [0.05, 0.1) is 11.4 Å². The Hall–Kier alpha value is -3.73. The lowest BCUT2D eigenvalue weighted by molar-refractivity contribution is 0.102. The Balaban J connectivity index is 1.64. The van der Waals surface area contributed by atoms with E-state index in [1.807, 2.05) is 54.6 Å². The summed E-state index contributed by atoms with van der Waals surface area (Å²) in [5, 5.41) is 10.6. The number of benzene rings is 2. The zero-order valence-electron chi connectivity index (χ0n) is 15.5. The summed E-state index contributed by atoms with van der Waals surface area (Å²) in [6.07, 6.45) is 4.10. The van der Waals surface area contributed by atoms with Crippen molar-refractivity contribution in [1.29, 1.82) is 0 Å². The van der Waals surface area contributed by atoms with Gasteiger partial charge in [0.2, 0.25) is 0 Å². The second-order valence-electron chi connectivity index (χ2n) is 6.45. The minimum atomic E-state index is -0.160. The highest BCUT2D eigenvalue weighted by molar-refractivity contribution is 6.04. The second kappa shape index (κ2) is 7.88. The highest BCUT2D eigenvalue weighted by Crippen LogP contribution is 2.29. The molecule has 0 saturated heterocycles. The van der Waals surface area contributed by atoms with E-state index in [2.05, 4.69) is 27.4 Å². The summed E-state index contributed by atoms with van der Waals surface area (Å²) < 4.78 is 0. The molecule has 0 saturated carbocycles. The van der Waals surface area contributed by atoms with E-state index in [9.17, 15) is 4.79 Å². The van der Waals surface area contributed by atoms with Gasteiger partial charge in [0.15, 0.2) is 0 Å². The zero-order chi connectivity index (χ0) is 19.3. The van der Waals surface area contributed by atoms with Crippen LogP contribution >= 0.6 is 0 Å². The molecule has 2 N–H and O–H groups in total. The molecular formula is C23H20N4O. The van der Waals surface area contributed by atoms with Gasteiger partial charge in [-0.15, -0.1) is 0 Å². The average molecular weight is 368 g/mol. The van der Waals surface area contributed by atoms with Crippen molar-refractivity contribution in [3.8, 4) is 22.5 Å². The first-order valence-electron chi connectivity index (χ1n) is 9.20. The molecule has 5 heteroatoms. The lowest BCUT2D eigenvalue weighted by Crippen LogP contribution is -2.12. The maximum absolute atomic E-state index is 12.4. The predicted octanol–water partition coefficient (Wildman–Crippen LogP) is 4.95. The van der Waals surface area contributed by atoms with Crippen LogP contribution < -0.4 is 5.32 Å². The largest absolute Gasteiger partial charge is 0.322 e. The Morgan fingerprint density at radius 3 is 2.54 bits per heavy atom. The maximum atomic E-state index is 12.4. The summed E-state index contributed by atoms with van der Waals surface area (Å²) in [6, 6.07) is 21.4. The molecule has 0 bridgehead atoms. The molecule has 0 spiro atoms. The van der Waals surface area contributed by atoms with Crippen LogP contribution in [-0.4, -0.2) is 21.1 Å². The molecule has 0 unspecified atom stereocenters. The molecule has 0 fully saturated rings. The first-order chi connectivity index (χ1) is 13.7. The number of rotatable bonds is 5. The van der Waals surface area contributed by atoms with Gasteiger partial charge in [0.1, 0.15) is 0 Å². The molecule has 2 aromatic heterocycles. The van der Waals surface area contributed by atoms with E-state index < -0.39 is 0 Å². The Morgan fingerprint density at radius 1 is 1.00 bits per heavy atom. The number of pyridine rings is 1. The molecule has 4 aromatic rings. The van der Waals surface area contributed by atoms with Crippen molar-refractivity contribution in [3.63, 3.8) is 0 Å². The van der Waals surface area contributed by atoms with Gasteiger partial charge < -0.3 is 5.32 Å². The van der Waals surface area contributed by atoms with Crippen LogP contribution in [0, 0.1) is 0 Å². The fourth-order valence-electron chi connectivity index (χ4n) is 3.14. The number of aromatic nitrogens is 3. The van der Waals surface area contributed by atoms with E-state index in [4.69, 9.17) is 0 Å². The van der Waals surface area contributed by atoms with Crippen molar-refractivity contribution in [2.45, 2.75) is 13.3 Å². The van der Waals surface area contributed by atoms with Gasteiger partial charge in [-0.1, -0.05) is 43.3 Å². The quantitative estimate of drug-likeness (QED) is 0.523. The van der Waals surface area contributed by atoms with Gasteiger partial charge in [-0.2, -0.15) is 5.10 Å². The summed E-state index contributed by atoms with van der Waals surface area (Å²) in [5.41, 5.74) is 6.41. The van der Waals surface area contributed by atoms with Gasteiger partial charge in [-0.3, -0.25) is 14.9 Å². The maximum Gasteiger partial charge on any atom is 0.255 e. The lowest BCUT2D eigenvalue weighted by Gasteiger charge is -2.10. The number of nitrogens with zero attached hydrogens (tertiary/aromatic N) is 2. The molecule has 138 valence electrons. The van der Waals surface area contributed by atoms with Crippen LogP contribution in [0.2, 0.25) is 0 Å². The smallest absolute Gasteiger partial charge is 0.255 e. The number of H-pyrrole nitrogens is 1. The molecular weight excluding hydrogens is 348 g/mol. The lowest BCUT2D eigenvalue weighted by atomic mass is 10.0. The summed E-state index contributed by atoms with van der Waals surface area (Å²) in [6.45, 7) is 2.11. The number of aryl methyl sites for hydroxylation is 1. The molecule has 1 amide bonds. The molecule has 0 aliphatic heterocycles. The number of carbonyl (C=O) groups excluding carboxylic acids is 1. The van der Waals surface area contributed by atoms with E-state index in [1.165, 1.54) is 5.56 Å². The van der Waals surface area contributed by atoms with Gasteiger partial charge in [-0.05, 0) is 42.3 Å². The minimum absolute atomic E-state index is 0.160. The molecule has 2 aromatic carbocycles. The third-order valence-corrected chi connectivity index (χ3v) is 4.63. The van der Waals surface area contributed by atoms with Crippen LogP contribution in [0.3, 0.4) is 0 Å². The Kier molecular flexibility index (Phi) is 4.97. The number of anilines is 1. The van der Waals surface area contributed by atoms with Crippen LogP contribution in [0.4, 0.5) is 5.69 Å². The molecule has 0 aliphatic carbocycles. The molecule has 28 heavy (non-hydrogen) atoms. The van der Waals surface area contributed by atoms with Crippen molar-refractivity contribution in [2.24, 2.45) is 0 Å². The number of carbonyl (C=O) groups is 1. The first kappa shape index (κ1) is 17.7. The third-order valence-electron chi connectivity index (χ3n) is 4.63. The van der Waals surface area contributed by atoms with Crippen LogP contribution in [0.25, 0.3) is 22.5 Å². The SMILES string of the molecule is CCc1ccc(NC(=O)c2ccncc2)cc1-c1cc(-c2ccccc2)n[nH]1. The van der Waals surface area contributed by atoms with Crippen molar-refractivity contribution in [1.82, 2.24) is 15.2 Å². The van der Waals surface area contributed by atoms with Crippen molar-refractivity contribution in [3.05, 3.63) is 90.3 Å². The Morgan fingerprint density at radius 2 is 1.79 bits per heavy atom. The molecule has 0 atom stereocenters. The van der Waals surface area contributed by atoms with Crippen LogP contribution in [-0.2, 0) is 6.42 Å². The Labute approximate surface area is 163 Å². The first-order valence-corrected chi connectivity index (χ1v) is 9.20. The number of amides is 1. The summed E-state index contributed by atoms with van der Waals surface area (Å²) >= 11 is 0. The summed E-state index contributed by atoms with van der Waals surface area (Å²) in [5.74, 6) is -0.160. The molecule has 4 rings (SSSR count). The van der Waals surface area contributed by atoms with E-state index in [1.54, 1.807) is 24.5 Å². The van der Waals surface area contributed by atoms with Crippen molar-refractivity contribution >= 4 is 11.6 Å². The van der Waals surface area contributed by atoms with Gasteiger partial charge in [-0.25, -0.2) is 0 Å². The van der Waals surface area contributed by atoms with E-state index in [0.717, 1.165) is 34.6 Å². The fraction of sp³-hybridized carbons (Fsp3) is 0.0870. The topological polar surface area (TPSA) is 70.7 Å². The van der Waals surface area contributed by atoms with Crippen molar-refractivity contribution < 1.29 is 4.79 Å². The summed E-state index contributed by atoms with van der Waals surface area (Å²) in [7, 11) is 0. The minimum Gasteiger partial charge on any atom is -0.322 e. The number of aromatic amines is 1. The highest BCUT2D eigenvalue weighted by Gasteiger charge is 2.12. The number of nitrogens with one attached hydrogen (secondary N) is 2. The standard InChI is InChI=1S/C23H20N4O/c1-2-16-8-9-19(25-23(28)18-10-12-24-13-11-18)14-20(16)22-15-21(26-27-22)17-6-4-3-5-7-17/h3-15H,2H2,1H3,(H,25,28)(H,26,27). The normalized spacial score (nSPS) is 10.6. The molecule has 0 radical (unpaired) electrons. The monoisotopic (exact) mass is 368 g/mol. The van der Waals surface area contributed by atoms with E-state index in [0.29, 0.717) is 5.56 Å². The van der Waals surface area contributed by atoms with Gasteiger partial charge in [0.25, 0.3) is 5.91 Å². The van der Waals surface area contributed by atoms with Crippen LogP contribution in [0.5, 0.6) is 0 Å². The fourth-order valence-corrected chi connectivity index (χ4v) is 3.14. The van der Waals surface area contributed by atoms with Crippen LogP contribution in [0.15, 0.2) is 79.1 Å². The van der Waals surface area contributed by atoms with Gasteiger partial charge in [0, 0.05) is 34.8 Å². The summed E-state index contributed by atoms with van der Waals surface area (Å²) in [4.78, 5) is 16.4. The van der Waals surface area contributed by atoms with E-state index in [-0.39, 0.29) is 5.91 Å².